The predicted molar refractivity (Wildman–Crippen MR) is 53.9 cm³/mol. The number of hydrogen-bond donors (Lipinski definition) is 1. The van der Waals surface area contributed by atoms with E-state index in [1.807, 2.05) is 0 Å². The SMILES string of the molecule is CC(C)CC(C)C=C1CC(N)C1. The number of nitrogens with two attached hydrogens (primary N) is 1. The van der Waals surface area contributed by atoms with E-state index in [-0.39, 0.29) is 0 Å². The molecule has 0 radical (unpaired) electrons. The van der Waals surface area contributed by atoms with E-state index in [0.29, 0.717) is 6.04 Å². The summed E-state index contributed by atoms with van der Waals surface area (Å²) in [5.41, 5.74) is 7.28. The van der Waals surface area contributed by atoms with Crippen LogP contribution in [0.3, 0.4) is 0 Å². The van der Waals surface area contributed by atoms with Gasteiger partial charge in [0.1, 0.15) is 0 Å². The van der Waals surface area contributed by atoms with Gasteiger partial charge in [-0.25, -0.2) is 0 Å². The summed E-state index contributed by atoms with van der Waals surface area (Å²) in [7, 11) is 0. The lowest BCUT2D eigenvalue weighted by Crippen LogP contribution is -2.30. The first-order valence-corrected chi connectivity index (χ1v) is 5.03. The molecular weight excluding hydrogens is 146 g/mol. The van der Waals surface area contributed by atoms with E-state index in [1.54, 1.807) is 5.57 Å². The molecule has 1 unspecified atom stereocenters. The van der Waals surface area contributed by atoms with Gasteiger partial charge in [0.2, 0.25) is 0 Å². The van der Waals surface area contributed by atoms with Gasteiger partial charge < -0.3 is 5.73 Å². The molecule has 12 heavy (non-hydrogen) atoms. The Balaban J connectivity index is 2.26. The number of rotatable bonds is 3. The highest BCUT2D eigenvalue weighted by molar-refractivity contribution is 5.16. The Morgan fingerprint density at radius 2 is 2.00 bits per heavy atom. The first-order chi connectivity index (χ1) is 5.58. The van der Waals surface area contributed by atoms with Gasteiger partial charge in [0.05, 0.1) is 0 Å². The van der Waals surface area contributed by atoms with Crippen LogP contribution in [0, 0.1) is 11.8 Å². The number of hydrogen-bond acceptors (Lipinski definition) is 1. The van der Waals surface area contributed by atoms with Crippen molar-refractivity contribution in [3.05, 3.63) is 11.6 Å². The third kappa shape index (κ3) is 2.98. The van der Waals surface area contributed by atoms with E-state index in [9.17, 15) is 0 Å². The van der Waals surface area contributed by atoms with Crippen LogP contribution >= 0.6 is 0 Å². The molecular formula is C11H21N. The molecule has 1 aliphatic rings. The van der Waals surface area contributed by atoms with Gasteiger partial charge in [-0.1, -0.05) is 32.4 Å². The van der Waals surface area contributed by atoms with Gasteiger partial charge in [0.25, 0.3) is 0 Å². The molecule has 70 valence electrons. The fourth-order valence-electron chi connectivity index (χ4n) is 1.96. The quantitative estimate of drug-likeness (QED) is 0.643. The highest BCUT2D eigenvalue weighted by Gasteiger charge is 2.18. The Kier molecular flexibility index (Phi) is 3.33. The van der Waals surface area contributed by atoms with Crippen LogP contribution in [0.4, 0.5) is 0 Å². The summed E-state index contributed by atoms with van der Waals surface area (Å²) < 4.78 is 0. The second kappa shape index (κ2) is 4.08. The summed E-state index contributed by atoms with van der Waals surface area (Å²) in [6.07, 6.45) is 6.01. The van der Waals surface area contributed by atoms with Gasteiger partial charge in [-0.2, -0.15) is 0 Å². The Labute approximate surface area is 76.0 Å². The van der Waals surface area contributed by atoms with Gasteiger partial charge in [0, 0.05) is 6.04 Å². The maximum absolute atomic E-state index is 5.71. The molecule has 0 aromatic heterocycles. The Morgan fingerprint density at radius 3 is 2.42 bits per heavy atom. The third-order valence-electron chi connectivity index (χ3n) is 2.41. The Bertz CT molecular complexity index is 162. The number of allylic oxidation sites excluding steroid dienone is 1. The zero-order valence-electron chi connectivity index (χ0n) is 8.51. The molecule has 1 saturated carbocycles. The predicted octanol–water partition coefficient (Wildman–Crippen LogP) is 2.72. The second-order valence-electron chi connectivity index (χ2n) is 4.60. The van der Waals surface area contributed by atoms with Gasteiger partial charge in [-0.05, 0) is 31.1 Å². The van der Waals surface area contributed by atoms with Crippen molar-refractivity contribution in [2.24, 2.45) is 17.6 Å². The standard InChI is InChI=1S/C11H21N/c1-8(2)4-9(3)5-10-6-11(12)7-10/h5,8-9,11H,4,6-7,12H2,1-3H3. The van der Waals surface area contributed by atoms with Crippen LogP contribution in [0.15, 0.2) is 11.6 Å². The molecule has 1 aliphatic carbocycles. The minimum absolute atomic E-state index is 0.461. The molecule has 1 nitrogen and oxygen atoms in total. The summed E-state index contributed by atoms with van der Waals surface area (Å²) in [6.45, 7) is 6.86. The van der Waals surface area contributed by atoms with Crippen LogP contribution in [-0.2, 0) is 0 Å². The van der Waals surface area contributed by atoms with Crippen molar-refractivity contribution in [1.82, 2.24) is 0 Å². The fourth-order valence-corrected chi connectivity index (χ4v) is 1.96. The summed E-state index contributed by atoms with van der Waals surface area (Å²) in [6, 6.07) is 0.461. The molecule has 0 spiro atoms. The van der Waals surface area contributed by atoms with Crippen molar-refractivity contribution >= 4 is 0 Å². The Morgan fingerprint density at radius 1 is 1.42 bits per heavy atom. The molecule has 1 rings (SSSR count). The molecule has 0 aromatic carbocycles. The molecule has 0 amide bonds. The molecule has 1 fully saturated rings. The van der Waals surface area contributed by atoms with E-state index in [2.05, 4.69) is 26.8 Å². The summed E-state index contributed by atoms with van der Waals surface area (Å²) in [5, 5.41) is 0. The Hall–Kier alpha value is -0.300. The van der Waals surface area contributed by atoms with Gasteiger partial charge in [0.15, 0.2) is 0 Å². The molecule has 1 atom stereocenters. The molecule has 0 bridgehead atoms. The maximum Gasteiger partial charge on any atom is 0.0113 e. The normalized spacial score (nSPS) is 25.4. The lowest BCUT2D eigenvalue weighted by molar-refractivity contribution is 0.482. The average molecular weight is 167 g/mol. The van der Waals surface area contributed by atoms with Gasteiger partial charge >= 0.3 is 0 Å². The molecule has 2 N–H and O–H groups in total. The zero-order valence-corrected chi connectivity index (χ0v) is 8.51. The van der Waals surface area contributed by atoms with E-state index in [1.165, 1.54) is 6.42 Å². The topological polar surface area (TPSA) is 26.0 Å². The second-order valence-corrected chi connectivity index (χ2v) is 4.60. The molecule has 0 aliphatic heterocycles. The van der Waals surface area contributed by atoms with E-state index >= 15 is 0 Å². The maximum atomic E-state index is 5.71. The van der Waals surface area contributed by atoms with Crippen LogP contribution in [0.25, 0.3) is 0 Å². The fraction of sp³-hybridized carbons (Fsp3) is 0.818. The van der Waals surface area contributed by atoms with Gasteiger partial charge in [-0.15, -0.1) is 0 Å². The van der Waals surface area contributed by atoms with Crippen LogP contribution in [0.5, 0.6) is 0 Å². The zero-order chi connectivity index (χ0) is 9.14. The largest absolute Gasteiger partial charge is 0.327 e. The van der Waals surface area contributed by atoms with Crippen molar-refractivity contribution in [1.29, 1.82) is 0 Å². The van der Waals surface area contributed by atoms with Gasteiger partial charge in [-0.3, -0.25) is 0 Å². The first kappa shape index (κ1) is 9.79. The molecule has 0 heterocycles. The smallest absolute Gasteiger partial charge is 0.0113 e. The van der Waals surface area contributed by atoms with Crippen molar-refractivity contribution in [2.75, 3.05) is 0 Å². The average Bonchev–Trinajstić information content (AvgIpc) is 1.82. The van der Waals surface area contributed by atoms with Crippen LogP contribution < -0.4 is 5.73 Å². The minimum Gasteiger partial charge on any atom is -0.327 e. The van der Waals surface area contributed by atoms with Crippen LogP contribution in [0.1, 0.15) is 40.0 Å². The molecule has 1 heteroatoms. The molecule has 0 saturated heterocycles. The summed E-state index contributed by atoms with van der Waals surface area (Å²) in [4.78, 5) is 0. The highest BCUT2D eigenvalue weighted by Crippen LogP contribution is 2.27. The van der Waals surface area contributed by atoms with Crippen LogP contribution in [0.2, 0.25) is 0 Å². The van der Waals surface area contributed by atoms with Crippen molar-refractivity contribution < 1.29 is 0 Å². The lowest BCUT2D eigenvalue weighted by Gasteiger charge is -2.26. The van der Waals surface area contributed by atoms with E-state index in [4.69, 9.17) is 5.73 Å². The van der Waals surface area contributed by atoms with Crippen molar-refractivity contribution in [2.45, 2.75) is 46.1 Å². The monoisotopic (exact) mass is 167 g/mol. The summed E-state index contributed by atoms with van der Waals surface area (Å²) >= 11 is 0. The summed E-state index contributed by atoms with van der Waals surface area (Å²) in [5.74, 6) is 1.55. The molecule has 0 aromatic rings. The highest BCUT2D eigenvalue weighted by atomic mass is 14.7. The van der Waals surface area contributed by atoms with E-state index < -0.39 is 0 Å². The van der Waals surface area contributed by atoms with E-state index in [0.717, 1.165) is 24.7 Å². The van der Waals surface area contributed by atoms with Crippen molar-refractivity contribution in [3.63, 3.8) is 0 Å². The minimum atomic E-state index is 0.461. The lowest BCUT2D eigenvalue weighted by atomic mass is 9.84. The first-order valence-electron chi connectivity index (χ1n) is 5.03. The van der Waals surface area contributed by atoms with Crippen LogP contribution in [-0.4, -0.2) is 6.04 Å². The van der Waals surface area contributed by atoms with Crippen molar-refractivity contribution in [3.8, 4) is 0 Å². The third-order valence-corrected chi connectivity index (χ3v) is 2.41.